The number of halogens is 1. The molecule has 3 rings (SSSR count). The molecule has 0 amide bonds. The Bertz CT molecular complexity index is 529. The molecule has 0 N–H and O–H groups in total. The van der Waals surface area contributed by atoms with Crippen LogP contribution in [-0.2, 0) is 0 Å². The first-order valence-corrected chi connectivity index (χ1v) is 6.62. The lowest BCUT2D eigenvalue weighted by Crippen LogP contribution is -2.15. The van der Waals surface area contributed by atoms with Crippen LogP contribution < -0.4 is 9.47 Å². The second kappa shape index (κ2) is 4.17. The molecule has 0 saturated heterocycles. The number of para-hydroxylation sites is 1. The standard InChI is InChI=1S/C10H7IN2O2S/c11-10-13-12-9(16-10)6-2-1-3-7-8(6)15-5-4-14-7/h1-3H,4-5H2. The lowest BCUT2D eigenvalue weighted by molar-refractivity contribution is 0.172. The average molecular weight is 346 g/mol. The third kappa shape index (κ3) is 1.75. The Morgan fingerprint density at radius 1 is 1.19 bits per heavy atom. The van der Waals surface area contributed by atoms with Gasteiger partial charge in [0.2, 0.25) is 0 Å². The molecule has 0 fully saturated rings. The number of fused-ring (bicyclic) bond motifs is 1. The highest BCUT2D eigenvalue weighted by Gasteiger charge is 2.18. The SMILES string of the molecule is Ic1nnc(-c2cccc3c2OCCO3)s1. The molecule has 0 unspecified atom stereocenters. The van der Waals surface area contributed by atoms with Gasteiger partial charge in [-0.25, -0.2) is 0 Å². The molecule has 1 aromatic carbocycles. The highest BCUT2D eigenvalue weighted by atomic mass is 127. The summed E-state index contributed by atoms with van der Waals surface area (Å²) in [6.07, 6.45) is 0. The predicted molar refractivity (Wildman–Crippen MR) is 69.1 cm³/mol. The van der Waals surface area contributed by atoms with E-state index in [1.165, 1.54) is 0 Å². The first-order valence-electron chi connectivity index (χ1n) is 4.72. The van der Waals surface area contributed by atoms with Crippen LogP contribution in [0.25, 0.3) is 10.6 Å². The third-order valence-corrected chi connectivity index (χ3v) is 3.82. The van der Waals surface area contributed by atoms with Gasteiger partial charge in [-0.15, -0.1) is 10.2 Å². The van der Waals surface area contributed by atoms with Crippen molar-refractivity contribution >= 4 is 33.9 Å². The molecular formula is C10H7IN2O2S. The maximum Gasteiger partial charge on any atom is 0.178 e. The number of aromatic nitrogens is 2. The van der Waals surface area contributed by atoms with Crippen LogP contribution in [0, 0.1) is 3.01 Å². The molecule has 2 aromatic rings. The second-order valence-electron chi connectivity index (χ2n) is 3.19. The van der Waals surface area contributed by atoms with Crippen molar-refractivity contribution in [3.63, 3.8) is 0 Å². The van der Waals surface area contributed by atoms with Crippen LogP contribution in [0.2, 0.25) is 0 Å². The van der Waals surface area contributed by atoms with Crippen LogP contribution >= 0.6 is 33.9 Å². The third-order valence-electron chi connectivity index (χ3n) is 2.20. The van der Waals surface area contributed by atoms with Crippen LogP contribution in [0.1, 0.15) is 0 Å². The zero-order chi connectivity index (χ0) is 11.0. The summed E-state index contributed by atoms with van der Waals surface area (Å²) in [6.45, 7) is 1.18. The summed E-state index contributed by atoms with van der Waals surface area (Å²) in [5.41, 5.74) is 0.956. The molecule has 0 bridgehead atoms. The number of ether oxygens (including phenoxy) is 2. The molecule has 1 aliphatic heterocycles. The molecule has 1 aliphatic rings. The number of rotatable bonds is 1. The Balaban J connectivity index is 2.13. The molecule has 0 spiro atoms. The van der Waals surface area contributed by atoms with E-state index in [1.54, 1.807) is 11.3 Å². The van der Waals surface area contributed by atoms with E-state index in [1.807, 2.05) is 18.2 Å². The van der Waals surface area contributed by atoms with Gasteiger partial charge in [0.1, 0.15) is 13.2 Å². The lowest BCUT2D eigenvalue weighted by Gasteiger charge is -2.19. The van der Waals surface area contributed by atoms with Crippen molar-refractivity contribution < 1.29 is 9.47 Å². The van der Waals surface area contributed by atoms with E-state index in [0.29, 0.717) is 13.2 Å². The number of benzene rings is 1. The van der Waals surface area contributed by atoms with Gasteiger partial charge in [0.15, 0.2) is 19.5 Å². The van der Waals surface area contributed by atoms with Crippen LogP contribution in [0.15, 0.2) is 18.2 Å². The molecule has 2 heterocycles. The van der Waals surface area contributed by atoms with Crippen molar-refractivity contribution in [1.29, 1.82) is 0 Å². The molecule has 0 saturated carbocycles. The van der Waals surface area contributed by atoms with Gasteiger partial charge in [-0.1, -0.05) is 17.4 Å². The Hall–Kier alpha value is -0.890. The van der Waals surface area contributed by atoms with E-state index in [4.69, 9.17) is 9.47 Å². The lowest BCUT2D eigenvalue weighted by atomic mass is 10.2. The van der Waals surface area contributed by atoms with Crippen molar-refractivity contribution in [2.24, 2.45) is 0 Å². The molecule has 0 atom stereocenters. The molecule has 16 heavy (non-hydrogen) atoms. The van der Waals surface area contributed by atoms with E-state index in [-0.39, 0.29) is 0 Å². The Morgan fingerprint density at radius 2 is 2.06 bits per heavy atom. The fraction of sp³-hybridized carbons (Fsp3) is 0.200. The number of hydrogen-bond acceptors (Lipinski definition) is 5. The van der Waals surface area contributed by atoms with Crippen molar-refractivity contribution in [2.75, 3.05) is 13.2 Å². The highest BCUT2D eigenvalue weighted by molar-refractivity contribution is 14.1. The fourth-order valence-corrected chi connectivity index (χ4v) is 2.88. The maximum absolute atomic E-state index is 5.63. The minimum atomic E-state index is 0.583. The molecule has 1 aromatic heterocycles. The normalized spacial score (nSPS) is 13.8. The Morgan fingerprint density at radius 3 is 2.88 bits per heavy atom. The quantitative estimate of drug-likeness (QED) is 0.745. The largest absolute Gasteiger partial charge is 0.486 e. The van der Waals surface area contributed by atoms with Crippen molar-refractivity contribution in [3.05, 3.63) is 21.2 Å². The van der Waals surface area contributed by atoms with Gasteiger partial charge in [-0.05, 0) is 34.7 Å². The summed E-state index contributed by atoms with van der Waals surface area (Å²) in [5, 5.41) is 8.99. The van der Waals surface area contributed by atoms with Crippen LogP contribution in [-0.4, -0.2) is 23.4 Å². The topological polar surface area (TPSA) is 44.2 Å². The number of hydrogen-bond donors (Lipinski definition) is 0. The summed E-state index contributed by atoms with van der Waals surface area (Å²) in [6, 6.07) is 5.82. The predicted octanol–water partition coefficient (Wildman–Crippen LogP) is 2.58. The van der Waals surface area contributed by atoms with Gasteiger partial charge in [-0.3, -0.25) is 0 Å². The molecule has 0 radical (unpaired) electrons. The van der Waals surface area contributed by atoms with E-state index in [9.17, 15) is 0 Å². The maximum atomic E-state index is 5.63. The van der Waals surface area contributed by atoms with Crippen molar-refractivity contribution in [1.82, 2.24) is 10.2 Å². The summed E-state index contributed by atoms with van der Waals surface area (Å²) in [4.78, 5) is 0. The smallest absolute Gasteiger partial charge is 0.178 e. The van der Waals surface area contributed by atoms with Gasteiger partial charge in [0, 0.05) is 0 Å². The van der Waals surface area contributed by atoms with Gasteiger partial charge in [0.25, 0.3) is 0 Å². The first kappa shape index (κ1) is 10.3. The zero-order valence-electron chi connectivity index (χ0n) is 8.14. The van der Waals surface area contributed by atoms with Gasteiger partial charge in [-0.2, -0.15) is 0 Å². The Labute approximate surface area is 110 Å². The van der Waals surface area contributed by atoms with Crippen LogP contribution in [0.5, 0.6) is 11.5 Å². The summed E-state index contributed by atoms with van der Waals surface area (Å²) >= 11 is 3.70. The molecule has 82 valence electrons. The summed E-state index contributed by atoms with van der Waals surface area (Å²) in [5.74, 6) is 1.57. The summed E-state index contributed by atoms with van der Waals surface area (Å²) in [7, 11) is 0. The van der Waals surface area contributed by atoms with E-state index in [2.05, 4.69) is 32.8 Å². The van der Waals surface area contributed by atoms with E-state index in [0.717, 1.165) is 25.1 Å². The Kier molecular flexibility index (Phi) is 2.68. The van der Waals surface area contributed by atoms with Crippen LogP contribution in [0.4, 0.5) is 0 Å². The molecule has 6 heteroatoms. The highest BCUT2D eigenvalue weighted by Crippen LogP contribution is 2.40. The zero-order valence-corrected chi connectivity index (χ0v) is 11.1. The van der Waals surface area contributed by atoms with Crippen molar-refractivity contribution in [3.8, 4) is 22.1 Å². The van der Waals surface area contributed by atoms with Gasteiger partial charge < -0.3 is 9.47 Å². The molecule has 4 nitrogen and oxygen atoms in total. The first-order chi connectivity index (χ1) is 7.84. The van der Waals surface area contributed by atoms with Crippen LogP contribution in [0.3, 0.4) is 0 Å². The average Bonchev–Trinajstić information content (AvgIpc) is 2.75. The van der Waals surface area contributed by atoms with Gasteiger partial charge in [0.05, 0.1) is 5.56 Å². The van der Waals surface area contributed by atoms with E-state index < -0.39 is 0 Å². The minimum absolute atomic E-state index is 0.583. The van der Waals surface area contributed by atoms with Gasteiger partial charge >= 0.3 is 0 Å². The molecule has 0 aliphatic carbocycles. The monoisotopic (exact) mass is 346 g/mol. The molecular weight excluding hydrogens is 339 g/mol. The number of nitrogens with zero attached hydrogens (tertiary/aromatic N) is 2. The van der Waals surface area contributed by atoms with Crippen molar-refractivity contribution in [2.45, 2.75) is 0 Å². The second-order valence-corrected chi connectivity index (χ2v) is 5.92. The minimum Gasteiger partial charge on any atom is -0.486 e. The fourth-order valence-electron chi connectivity index (χ4n) is 1.56. The summed E-state index contributed by atoms with van der Waals surface area (Å²) < 4.78 is 12.1. The van der Waals surface area contributed by atoms with E-state index >= 15 is 0 Å².